The normalized spacial score (nSPS) is 18.8. The molecule has 1 saturated heterocycles. The summed E-state index contributed by atoms with van der Waals surface area (Å²) in [5, 5.41) is 0. The molecule has 2 aliphatic heterocycles. The lowest BCUT2D eigenvalue weighted by atomic mass is 10.0. The Kier molecular flexibility index (Phi) is 5.63. The largest absolute Gasteiger partial charge is 0.354 e. The van der Waals surface area contributed by atoms with Crippen LogP contribution in [0.2, 0.25) is 0 Å². The van der Waals surface area contributed by atoms with Crippen LogP contribution in [0.4, 0.5) is 5.82 Å². The van der Waals surface area contributed by atoms with Crippen LogP contribution in [-0.4, -0.2) is 62.4 Å². The molecule has 150 valence electrons. The molecule has 3 heterocycles. The highest BCUT2D eigenvalue weighted by molar-refractivity contribution is 7.87. The Balaban J connectivity index is 1.44. The highest BCUT2D eigenvalue weighted by Gasteiger charge is 2.27. The fourth-order valence-electron chi connectivity index (χ4n) is 3.81. The number of benzene rings is 1. The zero-order chi connectivity index (χ0) is 19.6. The minimum atomic E-state index is -3.55. The molecule has 1 aromatic heterocycles. The third-order valence-electron chi connectivity index (χ3n) is 5.55. The molecule has 0 bridgehead atoms. The quantitative estimate of drug-likeness (QED) is 0.816. The second-order valence-corrected chi connectivity index (χ2v) is 9.21. The van der Waals surface area contributed by atoms with Crippen molar-refractivity contribution in [2.45, 2.75) is 19.5 Å². The lowest BCUT2D eigenvalue weighted by molar-refractivity contribution is 0.311. The number of nitrogens with one attached hydrogen (secondary N) is 1. The van der Waals surface area contributed by atoms with Gasteiger partial charge in [-0.15, -0.1) is 0 Å². The first-order chi connectivity index (χ1) is 13.5. The predicted molar refractivity (Wildman–Crippen MR) is 110 cm³/mol. The van der Waals surface area contributed by atoms with Crippen molar-refractivity contribution in [1.82, 2.24) is 18.9 Å². The van der Waals surface area contributed by atoms with E-state index in [0.29, 0.717) is 13.1 Å². The molecule has 1 aromatic carbocycles. The van der Waals surface area contributed by atoms with Gasteiger partial charge in [0.15, 0.2) is 0 Å². The van der Waals surface area contributed by atoms with Crippen molar-refractivity contribution >= 4 is 16.0 Å². The second-order valence-electron chi connectivity index (χ2n) is 7.45. The molecule has 2 aromatic rings. The molecule has 2 aliphatic rings. The number of hydrogen-bond donors (Lipinski definition) is 1. The minimum Gasteiger partial charge on any atom is -0.354 e. The number of aromatic nitrogens is 1. The van der Waals surface area contributed by atoms with Gasteiger partial charge in [-0.1, -0.05) is 30.3 Å². The average Bonchev–Trinajstić information content (AvgIpc) is 2.73. The first kappa shape index (κ1) is 19.3. The number of fused-ring (bicyclic) bond motifs is 1. The first-order valence-electron chi connectivity index (χ1n) is 9.72. The van der Waals surface area contributed by atoms with Crippen LogP contribution in [-0.2, 0) is 29.7 Å². The zero-order valence-corrected chi connectivity index (χ0v) is 17.0. The van der Waals surface area contributed by atoms with Gasteiger partial charge in [0.2, 0.25) is 0 Å². The van der Waals surface area contributed by atoms with E-state index in [-0.39, 0.29) is 6.54 Å². The number of pyridine rings is 1. The van der Waals surface area contributed by atoms with E-state index in [1.165, 1.54) is 9.87 Å². The van der Waals surface area contributed by atoms with Gasteiger partial charge in [0.1, 0.15) is 5.82 Å². The van der Waals surface area contributed by atoms with Crippen LogP contribution in [0.1, 0.15) is 16.7 Å². The molecule has 1 fully saturated rings. The van der Waals surface area contributed by atoms with Gasteiger partial charge >= 0.3 is 0 Å². The maximum Gasteiger partial charge on any atom is 0.280 e. The first-order valence-corrected chi connectivity index (χ1v) is 11.2. The molecule has 0 unspecified atom stereocenters. The fourth-order valence-corrected chi connectivity index (χ4v) is 4.97. The predicted octanol–water partition coefficient (Wildman–Crippen LogP) is 1.23. The van der Waals surface area contributed by atoms with Crippen LogP contribution in [0.3, 0.4) is 0 Å². The van der Waals surface area contributed by atoms with Gasteiger partial charge < -0.3 is 9.80 Å². The zero-order valence-electron chi connectivity index (χ0n) is 16.2. The molecular formula is C20H27N5O2S. The maximum atomic E-state index is 12.9. The number of rotatable bonds is 5. The van der Waals surface area contributed by atoms with Crippen LogP contribution in [0.25, 0.3) is 0 Å². The van der Waals surface area contributed by atoms with Crippen molar-refractivity contribution in [1.29, 1.82) is 0 Å². The van der Waals surface area contributed by atoms with Crippen molar-refractivity contribution in [3.8, 4) is 0 Å². The Morgan fingerprint density at radius 1 is 1.00 bits per heavy atom. The monoisotopic (exact) mass is 401 g/mol. The van der Waals surface area contributed by atoms with E-state index >= 15 is 0 Å². The van der Waals surface area contributed by atoms with E-state index in [0.717, 1.165) is 49.5 Å². The van der Waals surface area contributed by atoms with Gasteiger partial charge in [-0.2, -0.15) is 17.4 Å². The van der Waals surface area contributed by atoms with Crippen LogP contribution >= 0.6 is 0 Å². The number of nitrogens with zero attached hydrogens (tertiary/aromatic N) is 4. The van der Waals surface area contributed by atoms with E-state index in [9.17, 15) is 8.42 Å². The van der Waals surface area contributed by atoms with Gasteiger partial charge in [-0.25, -0.2) is 4.98 Å². The van der Waals surface area contributed by atoms with Gasteiger partial charge in [-0.3, -0.25) is 0 Å². The fraction of sp³-hybridized carbons (Fsp3) is 0.450. The smallest absolute Gasteiger partial charge is 0.280 e. The molecular weight excluding hydrogens is 374 g/mol. The lowest BCUT2D eigenvalue weighted by Gasteiger charge is -2.34. The van der Waals surface area contributed by atoms with Gasteiger partial charge in [-0.05, 0) is 30.7 Å². The highest BCUT2D eigenvalue weighted by atomic mass is 32.2. The minimum absolute atomic E-state index is 0.246. The van der Waals surface area contributed by atoms with Gasteiger partial charge in [0, 0.05) is 57.6 Å². The summed E-state index contributed by atoms with van der Waals surface area (Å²) < 4.78 is 30.1. The maximum absolute atomic E-state index is 12.9. The van der Waals surface area contributed by atoms with Gasteiger partial charge in [0.05, 0.1) is 0 Å². The highest BCUT2D eigenvalue weighted by Crippen LogP contribution is 2.22. The van der Waals surface area contributed by atoms with E-state index in [1.54, 1.807) is 6.20 Å². The number of piperazine rings is 1. The third-order valence-corrected chi connectivity index (χ3v) is 7.05. The standard InChI is InChI=1S/C20H27N5O2S/c1-23-11-13-24(14-12-23)20-18(7-4-9-21-20)15-22-28(26,27)25-10-8-17-5-2-3-6-19(17)16-25/h2-7,9,22H,8,10-16H2,1H3. The number of anilines is 1. The number of hydrogen-bond acceptors (Lipinski definition) is 5. The van der Waals surface area contributed by atoms with Gasteiger partial charge in [0.25, 0.3) is 10.2 Å². The molecule has 1 N–H and O–H groups in total. The Hall–Kier alpha value is -2.00. The summed E-state index contributed by atoms with van der Waals surface area (Å²) in [7, 11) is -1.44. The van der Waals surface area contributed by atoms with Crippen molar-refractivity contribution in [3.05, 3.63) is 59.3 Å². The van der Waals surface area contributed by atoms with Crippen LogP contribution < -0.4 is 9.62 Å². The van der Waals surface area contributed by atoms with Crippen LogP contribution in [0, 0.1) is 0 Å². The SMILES string of the molecule is CN1CCN(c2ncccc2CNS(=O)(=O)N2CCc3ccccc3C2)CC1. The molecule has 0 radical (unpaired) electrons. The summed E-state index contributed by atoms with van der Waals surface area (Å²) >= 11 is 0. The van der Waals surface area contributed by atoms with Crippen molar-refractivity contribution < 1.29 is 8.42 Å². The molecule has 7 nitrogen and oxygen atoms in total. The molecule has 0 spiro atoms. The topological polar surface area (TPSA) is 68.8 Å². The third kappa shape index (κ3) is 4.20. The molecule has 0 saturated carbocycles. The van der Waals surface area contributed by atoms with Crippen molar-refractivity contribution in [2.24, 2.45) is 0 Å². The molecule has 0 aliphatic carbocycles. The molecule has 4 rings (SSSR count). The number of likely N-dealkylation sites (N-methyl/N-ethyl adjacent to an activating group) is 1. The lowest BCUT2D eigenvalue weighted by Crippen LogP contribution is -2.46. The Bertz CT molecular complexity index is 926. The second kappa shape index (κ2) is 8.16. The molecule has 8 heteroatoms. The summed E-state index contributed by atoms with van der Waals surface area (Å²) in [5.74, 6) is 0.877. The summed E-state index contributed by atoms with van der Waals surface area (Å²) in [4.78, 5) is 9.05. The molecule has 0 amide bonds. The average molecular weight is 402 g/mol. The van der Waals surface area contributed by atoms with E-state index in [1.807, 2.05) is 30.3 Å². The molecule has 28 heavy (non-hydrogen) atoms. The van der Waals surface area contributed by atoms with Crippen molar-refractivity contribution in [2.75, 3.05) is 44.7 Å². The van der Waals surface area contributed by atoms with E-state index < -0.39 is 10.2 Å². The summed E-state index contributed by atoms with van der Waals surface area (Å²) in [6.07, 6.45) is 2.52. The van der Waals surface area contributed by atoms with E-state index in [4.69, 9.17) is 0 Å². The Morgan fingerprint density at radius 2 is 1.75 bits per heavy atom. The van der Waals surface area contributed by atoms with Crippen LogP contribution in [0.15, 0.2) is 42.6 Å². The van der Waals surface area contributed by atoms with Crippen molar-refractivity contribution in [3.63, 3.8) is 0 Å². The Labute approximate surface area is 167 Å². The van der Waals surface area contributed by atoms with E-state index in [2.05, 4.69) is 32.6 Å². The molecule has 0 atom stereocenters. The Morgan fingerprint density at radius 3 is 2.54 bits per heavy atom. The summed E-state index contributed by atoms with van der Waals surface area (Å²) in [6, 6.07) is 11.9. The summed E-state index contributed by atoms with van der Waals surface area (Å²) in [5.41, 5.74) is 3.23. The van der Waals surface area contributed by atoms with Crippen LogP contribution in [0.5, 0.6) is 0 Å². The summed E-state index contributed by atoms with van der Waals surface area (Å²) in [6.45, 7) is 4.93.